The minimum absolute atomic E-state index is 0.0889. The van der Waals surface area contributed by atoms with Crippen molar-refractivity contribution in [2.24, 2.45) is 0 Å². The lowest BCUT2D eigenvalue weighted by molar-refractivity contribution is 0.0745. The van der Waals surface area contributed by atoms with Crippen molar-refractivity contribution in [2.75, 3.05) is 35.8 Å². The van der Waals surface area contributed by atoms with Crippen LogP contribution in [0.25, 0.3) is 0 Å². The van der Waals surface area contributed by atoms with Gasteiger partial charge in [0.1, 0.15) is 0 Å². The standard InChI is InChI=1S/C31H39N3O3S/c1-5-6-9-25-13-15-26(16-14-25)32-38(36,37)27-17-12-24(4)29(22-27)31(35)34-20-18-33(19-21-34)30-11-8-7-10-28(30)23(2)3/h7-8,10-17,22-23,32H,5-6,9,18-21H2,1-4H3. The largest absolute Gasteiger partial charge is 0.368 e. The molecule has 202 valence electrons. The van der Waals surface area contributed by atoms with Crippen LogP contribution in [0.4, 0.5) is 11.4 Å². The normalized spacial score (nSPS) is 14.1. The molecular weight excluding hydrogens is 494 g/mol. The van der Waals surface area contributed by atoms with E-state index in [1.807, 2.05) is 24.0 Å². The van der Waals surface area contributed by atoms with Gasteiger partial charge in [-0.3, -0.25) is 9.52 Å². The Hall–Kier alpha value is -3.32. The van der Waals surface area contributed by atoms with Crippen LogP contribution in [0.5, 0.6) is 0 Å². The van der Waals surface area contributed by atoms with Crippen LogP contribution < -0.4 is 9.62 Å². The number of nitrogens with zero attached hydrogens (tertiary/aromatic N) is 2. The lowest BCUT2D eigenvalue weighted by atomic mass is 10.00. The van der Waals surface area contributed by atoms with Crippen molar-refractivity contribution in [2.45, 2.75) is 57.8 Å². The molecule has 3 aromatic carbocycles. The Morgan fingerprint density at radius 1 is 0.947 bits per heavy atom. The van der Waals surface area contributed by atoms with Crippen molar-refractivity contribution >= 4 is 27.3 Å². The summed E-state index contributed by atoms with van der Waals surface area (Å²) in [5.74, 6) is 0.294. The quantitative estimate of drug-likeness (QED) is 0.354. The van der Waals surface area contributed by atoms with Crippen molar-refractivity contribution in [1.29, 1.82) is 0 Å². The summed E-state index contributed by atoms with van der Waals surface area (Å²) in [5.41, 5.74) is 5.43. The fourth-order valence-corrected chi connectivity index (χ4v) is 6.00. The third-order valence-corrected chi connectivity index (χ3v) is 8.62. The van der Waals surface area contributed by atoms with Gasteiger partial charge in [-0.25, -0.2) is 8.42 Å². The van der Waals surface area contributed by atoms with E-state index in [1.165, 1.54) is 22.9 Å². The van der Waals surface area contributed by atoms with E-state index in [0.717, 1.165) is 37.9 Å². The molecule has 0 bridgehead atoms. The topological polar surface area (TPSA) is 69.7 Å². The molecule has 0 aliphatic carbocycles. The number of hydrogen-bond donors (Lipinski definition) is 1. The number of carbonyl (C=O) groups excluding carboxylic acids is 1. The number of hydrogen-bond acceptors (Lipinski definition) is 4. The molecule has 0 saturated carbocycles. The molecule has 0 atom stereocenters. The predicted octanol–water partition coefficient (Wildman–Crippen LogP) is 6.22. The number of rotatable bonds is 9. The van der Waals surface area contributed by atoms with Crippen LogP contribution >= 0.6 is 0 Å². The molecule has 3 aromatic rings. The van der Waals surface area contributed by atoms with Gasteiger partial charge in [0, 0.05) is 43.1 Å². The number of aryl methyl sites for hydroxylation is 2. The maximum atomic E-state index is 13.5. The molecule has 0 unspecified atom stereocenters. The maximum absolute atomic E-state index is 13.5. The van der Waals surface area contributed by atoms with E-state index in [2.05, 4.69) is 54.7 Å². The van der Waals surface area contributed by atoms with Crippen molar-refractivity contribution in [3.05, 3.63) is 89.0 Å². The molecule has 1 aliphatic heterocycles. The number of carbonyl (C=O) groups is 1. The second kappa shape index (κ2) is 12.0. The molecule has 1 fully saturated rings. The average molecular weight is 534 g/mol. The molecule has 1 amide bonds. The second-order valence-corrected chi connectivity index (χ2v) is 12.1. The Morgan fingerprint density at radius 2 is 1.63 bits per heavy atom. The summed E-state index contributed by atoms with van der Waals surface area (Å²) in [6, 6.07) is 20.7. The SMILES string of the molecule is CCCCc1ccc(NS(=O)(=O)c2ccc(C)c(C(=O)N3CCN(c4ccccc4C(C)C)CC3)c2)cc1. The Bertz CT molecular complexity index is 1360. The zero-order chi connectivity index (χ0) is 27.3. The highest BCUT2D eigenvalue weighted by Gasteiger charge is 2.26. The molecule has 7 heteroatoms. The third-order valence-electron chi connectivity index (χ3n) is 7.24. The van der Waals surface area contributed by atoms with Crippen LogP contribution in [-0.2, 0) is 16.4 Å². The van der Waals surface area contributed by atoms with Crippen LogP contribution in [0.1, 0.15) is 66.6 Å². The van der Waals surface area contributed by atoms with Crippen molar-refractivity contribution in [1.82, 2.24) is 4.90 Å². The van der Waals surface area contributed by atoms with Gasteiger partial charge in [-0.15, -0.1) is 0 Å². The van der Waals surface area contributed by atoms with E-state index in [-0.39, 0.29) is 10.8 Å². The number of unbranched alkanes of at least 4 members (excludes halogenated alkanes) is 1. The Balaban J connectivity index is 1.46. The molecule has 1 saturated heterocycles. The average Bonchev–Trinajstić information content (AvgIpc) is 2.92. The van der Waals surface area contributed by atoms with Gasteiger partial charge in [0.15, 0.2) is 0 Å². The van der Waals surface area contributed by atoms with Crippen molar-refractivity contribution in [3.8, 4) is 0 Å². The number of nitrogens with one attached hydrogen (secondary N) is 1. The van der Waals surface area contributed by atoms with Crippen LogP contribution in [0, 0.1) is 6.92 Å². The van der Waals surface area contributed by atoms with Gasteiger partial charge in [0.05, 0.1) is 4.90 Å². The van der Waals surface area contributed by atoms with Crippen molar-refractivity contribution < 1.29 is 13.2 Å². The van der Waals surface area contributed by atoms with Gasteiger partial charge in [-0.1, -0.05) is 63.6 Å². The summed E-state index contributed by atoms with van der Waals surface area (Å²) in [6.45, 7) is 11.0. The van der Waals surface area contributed by atoms with E-state index in [0.29, 0.717) is 30.3 Å². The molecular formula is C31H39N3O3S. The minimum Gasteiger partial charge on any atom is -0.368 e. The molecule has 0 radical (unpaired) electrons. The molecule has 1 aliphatic rings. The minimum atomic E-state index is -3.83. The molecule has 4 rings (SSSR count). The number of piperazine rings is 1. The first-order valence-electron chi connectivity index (χ1n) is 13.5. The predicted molar refractivity (Wildman–Crippen MR) is 156 cm³/mol. The number of amides is 1. The highest BCUT2D eigenvalue weighted by Crippen LogP contribution is 2.29. The summed E-state index contributed by atoms with van der Waals surface area (Å²) in [5, 5.41) is 0. The van der Waals surface area contributed by atoms with Gasteiger partial charge in [-0.2, -0.15) is 0 Å². The highest BCUT2D eigenvalue weighted by molar-refractivity contribution is 7.92. The van der Waals surface area contributed by atoms with Crippen LogP contribution in [-0.4, -0.2) is 45.4 Å². The number of benzene rings is 3. The fraction of sp³-hybridized carbons (Fsp3) is 0.387. The summed E-state index contributed by atoms with van der Waals surface area (Å²) < 4.78 is 29.0. The van der Waals surface area contributed by atoms with Gasteiger partial charge in [0.25, 0.3) is 15.9 Å². The molecule has 1 heterocycles. The third kappa shape index (κ3) is 6.38. The van der Waals surface area contributed by atoms with E-state index >= 15 is 0 Å². The molecule has 38 heavy (non-hydrogen) atoms. The Labute approximate surface area is 227 Å². The van der Waals surface area contributed by atoms with Gasteiger partial charge >= 0.3 is 0 Å². The first kappa shape index (κ1) is 27.7. The monoisotopic (exact) mass is 533 g/mol. The fourth-order valence-electron chi connectivity index (χ4n) is 4.92. The van der Waals surface area contributed by atoms with Crippen LogP contribution in [0.2, 0.25) is 0 Å². The lowest BCUT2D eigenvalue weighted by Gasteiger charge is -2.37. The molecule has 0 aromatic heterocycles. The zero-order valence-corrected chi connectivity index (χ0v) is 23.7. The second-order valence-electron chi connectivity index (χ2n) is 10.4. The summed E-state index contributed by atoms with van der Waals surface area (Å²) in [7, 11) is -3.83. The Morgan fingerprint density at radius 3 is 2.29 bits per heavy atom. The molecule has 1 N–H and O–H groups in total. The van der Waals surface area contributed by atoms with Gasteiger partial charge in [-0.05, 0) is 72.7 Å². The van der Waals surface area contributed by atoms with Crippen molar-refractivity contribution in [3.63, 3.8) is 0 Å². The van der Waals surface area contributed by atoms with Gasteiger partial charge < -0.3 is 9.80 Å². The maximum Gasteiger partial charge on any atom is 0.261 e. The number of para-hydroxylation sites is 1. The Kier molecular flexibility index (Phi) is 8.77. The number of sulfonamides is 1. The first-order chi connectivity index (χ1) is 18.2. The molecule has 0 spiro atoms. The van der Waals surface area contributed by atoms with E-state index in [1.54, 1.807) is 24.3 Å². The van der Waals surface area contributed by atoms with E-state index < -0.39 is 10.0 Å². The zero-order valence-electron chi connectivity index (χ0n) is 22.9. The first-order valence-corrected chi connectivity index (χ1v) is 15.0. The van der Waals surface area contributed by atoms with Crippen LogP contribution in [0.15, 0.2) is 71.6 Å². The summed E-state index contributed by atoms with van der Waals surface area (Å²) in [6.07, 6.45) is 3.20. The smallest absolute Gasteiger partial charge is 0.261 e. The lowest BCUT2D eigenvalue weighted by Crippen LogP contribution is -2.49. The van der Waals surface area contributed by atoms with Gasteiger partial charge in [0.2, 0.25) is 0 Å². The number of anilines is 2. The van der Waals surface area contributed by atoms with E-state index in [4.69, 9.17) is 0 Å². The summed E-state index contributed by atoms with van der Waals surface area (Å²) in [4.78, 5) is 17.7. The van der Waals surface area contributed by atoms with E-state index in [9.17, 15) is 13.2 Å². The highest BCUT2D eigenvalue weighted by atomic mass is 32.2. The summed E-state index contributed by atoms with van der Waals surface area (Å²) >= 11 is 0. The molecule has 6 nitrogen and oxygen atoms in total. The van der Waals surface area contributed by atoms with Crippen LogP contribution in [0.3, 0.4) is 0 Å².